The Kier molecular flexibility index (Phi) is 4.92. The number of rotatable bonds is 4. The Balaban J connectivity index is 2.01. The van der Waals surface area contributed by atoms with Gasteiger partial charge in [-0.25, -0.2) is 4.68 Å². The predicted octanol–water partition coefficient (Wildman–Crippen LogP) is 3.30. The molecule has 0 saturated carbocycles. The number of aromatic nitrogens is 2. The number of nitrogens with zero attached hydrogens (tertiary/aromatic N) is 2. The Morgan fingerprint density at radius 1 is 1.15 bits per heavy atom. The smallest absolute Gasteiger partial charge is 0.277 e. The zero-order valence-corrected chi connectivity index (χ0v) is 15.4. The van der Waals surface area contributed by atoms with Gasteiger partial charge in [0.15, 0.2) is 5.69 Å². The van der Waals surface area contributed by atoms with E-state index in [1.807, 2.05) is 19.1 Å². The first-order valence-corrected chi connectivity index (χ1v) is 8.47. The Morgan fingerprint density at radius 2 is 1.77 bits per heavy atom. The lowest BCUT2D eigenvalue weighted by Gasteiger charge is -2.05. The van der Waals surface area contributed by atoms with Crippen molar-refractivity contribution >= 4 is 46.2 Å². The van der Waals surface area contributed by atoms with E-state index < -0.39 is 5.91 Å². The number of thiocarbonyl (C=S) groups is 1. The molecular weight excluding hydrogens is 370 g/mol. The van der Waals surface area contributed by atoms with Gasteiger partial charge < -0.3 is 16.8 Å². The van der Waals surface area contributed by atoms with Crippen LogP contribution in [0.2, 0.25) is 5.02 Å². The Labute approximate surface area is 160 Å². The molecule has 0 aliphatic carbocycles. The highest BCUT2D eigenvalue weighted by Crippen LogP contribution is 2.23. The standard InChI is InChI=1S/C18H16ClN5OS/c1-10-2-6-12(7-3-10)22-18(25)15-14(17(21)26)16(20)24(23-15)13-8-4-11(19)5-9-13/h2-9H,20H2,1H3,(H2,21,26)(H,22,25). The van der Waals surface area contributed by atoms with Crippen molar-refractivity contribution in [1.29, 1.82) is 0 Å². The highest BCUT2D eigenvalue weighted by atomic mass is 35.5. The maximum atomic E-state index is 12.7. The number of hydrogen-bond donors (Lipinski definition) is 3. The molecule has 132 valence electrons. The largest absolute Gasteiger partial charge is 0.389 e. The van der Waals surface area contributed by atoms with Gasteiger partial charge in [-0.1, -0.05) is 41.5 Å². The van der Waals surface area contributed by atoms with Crippen molar-refractivity contribution < 1.29 is 4.79 Å². The zero-order valence-electron chi connectivity index (χ0n) is 13.9. The molecule has 6 nitrogen and oxygen atoms in total. The van der Waals surface area contributed by atoms with Gasteiger partial charge in [0.1, 0.15) is 10.8 Å². The molecule has 0 saturated heterocycles. The van der Waals surface area contributed by atoms with Crippen molar-refractivity contribution in [2.75, 3.05) is 11.1 Å². The number of nitrogens with two attached hydrogens (primary N) is 2. The quantitative estimate of drug-likeness (QED) is 0.598. The molecule has 3 rings (SSSR count). The number of nitrogen functional groups attached to an aromatic ring is 1. The zero-order chi connectivity index (χ0) is 18.8. The SMILES string of the molecule is Cc1ccc(NC(=O)c2nn(-c3ccc(Cl)cc3)c(N)c2C(N)=S)cc1. The third kappa shape index (κ3) is 3.54. The molecule has 0 aliphatic heterocycles. The lowest BCUT2D eigenvalue weighted by atomic mass is 10.2. The van der Waals surface area contributed by atoms with Crippen LogP contribution in [0.15, 0.2) is 48.5 Å². The Morgan fingerprint density at radius 3 is 2.35 bits per heavy atom. The summed E-state index contributed by atoms with van der Waals surface area (Å²) in [4.78, 5) is 12.7. The van der Waals surface area contributed by atoms with Gasteiger partial charge >= 0.3 is 0 Å². The number of hydrogen-bond acceptors (Lipinski definition) is 4. The molecule has 1 amide bonds. The van der Waals surface area contributed by atoms with Crippen LogP contribution in [0.5, 0.6) is 0 Å². The fourth-order valence-electron chi connectivity index (χ4n) is 2.44. The van der Waals surface area contributed by atoms with Crippen LogP contribution in [0.3, 0.4) is 0 Å². The van der Waals surface area contributed by atoms with Crippen LogP contribution < -0.4 is 16.8 Å². The maximum absolute atomic E-state index is 12.7. The van der Waals surface area contributed by atoms with Crippen LogP contribution >= 0.6 is 23.8 Å². The fraction of sp³-hybridized carbons (Fsp3) is 0.0556. The van der Waals surface area contributed by atoms with Crippen LogP contribution in [0.1, 0.15) is 21.6 Å². The van der Waals surface area contributed by atoms with Gasteiger partial charge in [0.05, 0.1) is 11.3 Å². The van der Waals surface area contributed by atoms with E-state index in [9.17, 15) is 4.79 Å². The minimum Gasteiger partial charge on any atom is -0.389 e. The first-order chi connectivity index (χ1) is 12.4. The molecule has 0 fully saturated rings. The van der Waals surface area contributed by atoms with Gasteiger partial charge in [0.2, 0.25) is 0 Å². The third-order valence-electron chi connectivity index (χ3n) is 3.76. The average Bonchev–Trinajstić information content (AvgIpc) is 2.95. The fourth-order valence-corrected chi connectivity index (χ4v) is 2.77. The summed E-state index contributed by atoms with van der Waals surface area (Å²) < 4.78 is 1.41. The molecule has 0 radical (unpaired) electrons. The number of aryl methyl sites for hydroxylation is 1. The first kappa shape index (κ1) is 17.9. The lowest BCUT2D eigenvalue weighted by molar-refractivity contribution is 0.102. The van der Waals surface area contributed by atoms with Gasteiger partial charge in [0.25, 0.3) is 5.91 Å². The summed E-state index contributed by atoms with van der Waals surface area (Å²) in [7, 11) is 0. The van der Waals surface area contributed by atoms with Crippen LogP contribution in [0, 0.1) is 6.92 Å². The second-order valence-electron chi connectivity index (χ2n) is 5.68. The lowest BCUT2D eigenvalue weighted by Crippen LogP contribution is -2.19. The molecule has 0 atom stereocenters. The molecule has 8 heteroatoms. The van der Waals surface area contributed by atoms with E-state index >= 15 is 0 Å². The summed E-state index contributed by atoms with van der Waals surface area (Å²) in [5.41, 5.74) is 14.6. The summed E-state index contributed by atoms with van der Waals surface area (Å²) in [5, 5.41) is 7.66. The highest BCUT2D eigenvalue weighted by molar-refractivity contribution is 7.80. The second-order valence-corrected chi connectivity index (χ2v) is 6.56. The minimum atomic E-state index is -0.448. The van der Waals surface area contributed by atoms with Crippen molar-refractivity contribution in [2.24, 2.45) is 5.73 Å². The van der Waals surface area contributed by atoms with Crippen molar-refractivity contribution in [3.05, 3.63) is 70.4 Å². The number of carbonyl (C=O) groups is 1. The van der Waals surface area contributed by atoms with E-state index in [1.165, 1.54) is 4.68 Å². The Hall–Kier alpha value is -2.90. The number of nitrogens with one attached hydrogen (secondary N) is 1. The molecule has 0 bridgehead atoms. The molecule has 0 spiro atoms. The van der Waals surface area contributed by atoms with Crippen molar-refractivity contribution in [3.8, 4) is 5.69 Å². The summed E-state index contributed by atoms with van der Waals surface area (Å²) in [6.07, 6.45) is 0. The van der Waals surface area contributed by atoms with E-state index in [0.717, 1.165) is 5.56 Å². The number of benzene rings is 2. The average molecular weight is 386 g/mol. The van der Waals surface area contributed by atoms with Crippen molar-refractivity contribution in [3.63, 3.8) is 0 Å². The number of halogens is 1. The summed E-state index contributed by atoms with van der Waals surface area (Å²) in [6, 6.07) is 14.2. The molecule has 26 heavy (non-hydrogen) atoms. The summed E-state index contributed by atoms with van der Waals surface area (Å²) >= 11 is 11.0. The maximum Gasteiger partial charge on any atom is 0.277 e. The van der Waals surface area contributed by atoms with Gasteiger partial charge in [0, 0.05) is 10.7 Å². The molecule has 0 unspecified atom stereocenters. The van der Waals surface area contributed by atoms with E-state index in [1.54, 1.807) is 36.4 Å². The third-order valence-corrected chi connectivity index (χ3v) is 4.22. The molecule has 3 aromatic rings. The van der Waals surface area contributed by atoms with E-state index in [2.05, 4.69) is 10.4 Å². The monoisotopic (exact) mass is 385 g/mol. The van der Waals surface area contributed by atoms with Gasteiger partial charge in [-0.2, -0.15) is 5.10 Å². The second kappa shape index (κ2) is 7.15. The molecular formula is C18H16ClN5OS. The predicted molar refractivity (Wildman–Crippen MR) is 108 cm³/mol. The summed E-state index contributed by atoms with van der Waals surface area (Å²) in [6.45, 7) is 1.96. The molecule has 0 aliphatic rings. The van der Waals surface area contributed by atoms with Gasteiger partial charge in [-0.15, -0.1) is 0 Å². The van der Waals surface area contributed by atoms with Gasteiger partial charge in [-0.3, -0.25) is 4.79 Å². The highest BCUT2D eigenvalue weighted by Gasteiger charge is 2.24. The van der Waals surface area contributed by atoms with Crippen LogP contribution in [-0.2, 0) is 0 Å². The van der Waals surface area contributed by atoms with Crippen LogP contribution in [-0.4, -0.2) is 20.7 Å². The topological polar surface area (TPSA) is 99.0 Å². The first-order valence-electron chi connectivity index (χ1n) is 7.69. The normalized spacial score (nSPS) is 10.5. The minimum absolute atomic E-state index is 0.00299. The number of anilines is 2. The van der Waals surface area contributed by atoms with E-state index in [4.69, 9.17) is 35.3 Å². The number of carbonyl (C=O) groups excluding carboxylic acids is 1. The molecule has 5 N–H and O–H groups in total. The number of amides is 1. The van der Waals surface area contributed by atoms with Crippen LogP contribution in [0.4, 0.5) is 11.5 Å². The van der Waals surface area contributed by atoms with Gasteiger partial charge in [-0.05, 0) is 43.3 Å². The molecule has 1 heterocycles. The molecule has 1 aromatic heterocycles. The summed E-state index contributed by atoms with van der Waals surface area (Å²) in [5.74, 6) is -0.259. The van der Waals surface area contributed by atoms with Crippen molar-refractivity contribution in [1.82, 2.24) is 9.78 Å². The van der Waals surface area contributed by atoms with E-state index in [-0.39, 0.29) is 22.1 Å². The van der Waals surface area contributed by atoms with E-state index in [0.29, 0.717) is 16.4 Å². The molecule has 2 aromatic carbocycles. The van der Waals surface area contributed by atoms with Crippen molar-refractivity contribution in [2.45, 2.75) is 6.92 Å². The Bertz CT molecular complexity index is 980. The van der Waals surface area contributed by atoms with Crippen LogP contribution in [0.25, 0.3) is 5.69 Å².